The molecule has 0 spiro atoms. The summed E-state index contributed by atoms with van der Waals surface area (Å²) in [5.74, 6) is -2.49. The summed E-state index contributed by atoms with van der Waals surface area (Å²) in [7, 11) is -4.39. The van der Waals surface area contributed by atoms with E-state index >= 15 is 0 Å². The van der Waals surface area contributed by atoms with Crippen LogP contribution in [0.3, 0.4) is 0 Å². The fourth-order valence-corrected chi connectivity index (χ4v) is 8.18. The van der Waals surface area contributed by atoms with Crippen LogP contribution in [0.1, 0.15) is 52.9 Å². The maximum absolute atomic E-state index is 13.6. The molecule has 2 aliphatic heterocycles. The molecule has 232 valence electrons. The maximum atomic E-state index is 13.6. The van der Waals surface area contributed by atoms with Crippen molar-refractivity contribution in [1.82, 2.24) is 20.3 Å². The molecule has 4 amide bonds. The molecule has 4 unspecified atom stereocenters. The molecule has 12 nitrogen and oxygen atoms in total. The topological polar surface area (TPSA) is 160 Å². The van der Waals surface area contributed by atoms with E-state index in [1.54, 1.807) is 32.9 Å². The van der Waals surface area contributed by atoms with E-state index in [9.17, 15) is 27.6 Å². The van der Waals surface area contributed by atoms with E-state index in [0.29, 0.717) is 25.9 Å². The maximum Gasteiger partial charge on any atom is 0.408 e. The van der Waals surface area contributed by atoms with Crippen LogP contribution in [0, 0.1) is 5.92 Å². The van der Waals surface area contributed by atoms with Crippen LogP contribution in [0.4, 0.5) is 4.79 Å². The van der Waals surface area contributed by atoms with Gasteiger partial charge in [-0.1, -0.05) is 35.4 Å². The molecular formula is C26H34Cl2N4O8S2. The van der Waals surface area contributed by atoms with E-state index in [2.05, 4.69) is 10.6 Å². The summed E-state index contributed by atoms with van der Waals surface area (Å²) in [5.41, 5.74) is -2.34. The van der Waals surface area contributed by atoms with Gasteiger partial charge < -0.3 is 25.0 Å². The van der Waals surface area contributed by atoms with Gasteiger partial charge in [0.25, 0.3) is 15.9 Å². The molecule has 4 rings (SSSR count). The van der Waals surface area contributed by atoms with Crippen molar-refractivity contribution in [2.45, 2.75) is 81.0 Å². The van der Waals surface area contributed by atoms with E-state index in [1.165, 1.54) is 4.90 Å². The Morgan fingerprint density at radius 1 is 1.21 bits per heavy atom. The third-order valence-corrected chi connectivity index (χ3v) is 10.2. The summed E-state index contributed by atoms with van der Waals surface area (Å²) in [4.78, 5) is 54.2. The SMILES string of the molecule is CC(C)(C)OC(=O)NC1CCOCCC=CC2CC2(C(=O)NS(=O)(=O)c2cc(Cl)sc2Cl)NC(=O)C2CCCN2C1=O. The lowest BCUT2D eigenvalue weighted by Gasteiger charge is -2.30. The summed E-state index contributed by atoms with van der Waals surface area (Å²) >= 11 is 12.8. The molecule has 16 heteroatoms. The minimum absolute atomic E-state index is 0.106. The number of nitrogens with one attached hydrogen (secondary N) is 3. The lowest BCUT2D eigenvalue weighted by molar-refractivity contribution is -0.141. The Bertz CT molecular complexity index is 1380. The van der Waals surface area contributed by atoms with Gasteiger partial charge in [0.1, 0.15) is 32.5 Å². The van der Waals surface area contributed by atoms with Gasteiger partial charge >= 0.3 is 6.09 Å². The average Bonchev–Trinajstić information content (AvgIpc) is 3.18. The minimum Gasteiger partial charge on any atom is -0.444 e. The molecule has 3 N–H and O–H groups in total. The number of fused-ring (bicyclic) bond motifs is 2. The molecule has 1 saturated carbocycles. The highest BCUT2D eigenvalue weighted by molar-refractivity contribution is 7.90. The molecule has 2 fully saturated rings. The van der Waals surface area contributed by atoms with Crippen molar-refractivity contribution in [1.29, 1.82) is 0 Å². The van der Waals surface area contributed by atoms with Gasteiger partial charge in [-0.3, -0.25) is 14.4 Å². The predicted molar refractivity (Wildman–Crippen MR) is 156 cm³/mol. The second-order valence-electron chi connectivity index (χ2n) is 11.4. The highest BCUT2D eigenvalue weighted by atomic mass is 35.5. The molecule has 0 aromatic carbocycles. The van der Waals surface area contributed by atoms with Gasteiger partial charge in [-0.2, -0.15) is 0 Å². The number of hydrogen-bond donors (Lipinski definition) is 3. The largest absolute Gasteiger partial charge is 0.444 e. The van der Waals surface area contributed by atoms with Crippen LogP contribution in [0.2, 0.25) is 8.67 Å². The Kier molecular flexibility index (Phi) is 9.82. The molecule has 1 aromatic heterocycles. The van der Waals surface area contributed by atoms with E-state index in [4.69, 9.17) is 32.7 Å². The Morgan fingerprint density at radius 2 is 1.95 bits per heavy atom. The number of sulfonamides is 1. The molecule has 1 saturated heterocycles. The van der Waals surface area contributed by atoms with Crippen molar-refractivity contribution < 1.29 is 37.1 Å². The number of alkyl carbamates (subject to hydrolysis) is 1. The van der Waals surface area contributed by atoms with Crippen LogP contribution in [-0.2, 0) is 33.9 Å². The number of nitrogens with zero attached hydrogens (tertiary/aromatic N) is 1. The van der Waals surface area contributed by atoms with Crippen molar-refractivity contribution >= 4 is 68.4 Å². The van der Waals surface area contributed by atoms with Gasteiger partial charge in [0.15, 0.2) is 0 Å². The molecule has 0 bridgehead atoms. The molecule has 1 aliphatic carbocycles. The number of carbonyl (C=O) groups is 4. The second kappa shape index (κ2) is 12.7. The first-order chi connectivity index (χ1) is 19.6. The summed E-state index contributed by atoms with van der Waals surface area (Å²) < 4.78 is 39.0. The van der Waals surface area contributed by atoms with Gasteiger partial charge in [-0.25, -0.2) is 17.9 Å². The monoisotopic (exact) mass is 664 g/mol. The fraction of sp³-hybridized carbons (Fsp3) is 0.615. The van der Waals surface area contributed by atoms with Crippen molar-refractivity contribution in [3.05, 3.63) is 26.9 Å². The standard InChI is InChI=1S/C26H34Cl2N4O8S2/c1-25(2,3)40-24(36)29-16-9-12-39-11-5-4-7-15-14-26(15,30-21(33)17-8-6-10-32(17)22(16)34)23(35)31-42(37,38)18-13-19(27)41-20(18)28/h4,7,13,15-17H,5-6,8-12,14H2,1-3H3,(H,29,36)(H,30,33)(H,31,35). The Balaban J connectivity index is 1.57. The molecule has 1 aromatic rings. The first-order valence-corrected chi connectivity index (χ1v) is 16.6. The van der Waals surface area contributed by atoms with Gasteiger partial charge in [-0.05, 0) is 52.5 Å². The average molecular weight is 666 g/mol. The van der Waals surface area contributed by atoms with Crippen molar-refractivity contribution in [2.75, 3.05) is 19.8 Å². The number of carbonyl (C=O) groups excluding carboxylic acids is 4. The van der Waals surface area contributed by atoms with Crippen LogP contribution in [0.25, 0.3) is 0 Å². The predicted octanol–water partition coefficient (Wildman–Crippen LogP) is 2.99. The minimum atomic E-state index is -4.39. The molecule has 4 atom stereocenters. The van der Waals surface area contributed by atoms with Gasteiger partial charge in [-0.15, -0.1) is 11.3 Å². The zero-order valence-corrected chi connectivity index (χ0v) is 26.6. The summed E-state index contributed by atoms with van der Waals surface area (Å²) in [6, 6.07) is -0.791. The van der Waals surface area contributed by atoms with Crippen LogP contribution in [0.5, 0.6) is 0 Å². The number of amides is 4. The van der Waals surface area contributed by atoms with Crippen molar-refractivity contribution in [3.63, 3.8) is 0 Å². The zero-order chi connectivity index (χ0) is 30.9. The molecule has 3 heterocycles. The van der Waals surface area contributed by atoms with Gasteiger partial charge in [0.05, 0.1) is 10.9 Å². The lowest BCUT2D eigenvalue weighted by Crippen LogP contribution is -2.58. The molecular weight excluding hydrogens is 631 g/mol. The summed E-state index contributed by atoms with van der Waals surface area (Å²) in [6.07, 6.45) is 4.39. The van der Waals surface area contributed by atoms with E-state index in [1.807, 2.05) is 4.72 Å². The van der Waals surface area contributed by atoms with Gasteiger partial charge in [0, 0.05) is 25.5 Å². The normalized spacial score (nSPS) is 27.2. The van der Waals surface area contributed by atoms with Crippen LogP contribution in [0.15, 0.2) is 23.1 Å². The molecule has 3 aliphatic rings. The van der Waals surface area contributed by atoms with Crippen molar-refractivity contribution in [3.8, 4) is 0 Å². The van der Waals surface area contributed by atoms with Crippen LogP contribution < -0.4 is 15.4 Å². The Morgan fingerprint density at radius 3 is 2.62 bits per heavy atom. The van der Waals surface area contributed by atoms with Gasteiger partial charge in [0.2, 0.25) is 11.8 Å². The van der Waals surface area contributed by atoms with Crippen LogP contribution in [-0.4, -0.2) is 80.1 Å². The summed E-state index contributed by atoms with van der Waals surface area (Å²) in [5, 5.41) is 5.36. The number of halogens is 2. The third kappa shape index (κ3) is 7.57. The van der Waals surface area contributed by atoms with Crippen LogP contribution >= 0.6 is 34.5 Å². The Hall–Kier alpha value is -2.39. The highest BCUT2D eigenvalue weighted by Gasteiger charge is 2.61. The van der Waals surface area contributed by atoms with E-state index in [-0.39, 0.29) is 39.6 Å². The first-order valence-electron chi connectivity index (χ1n) is 13.5. The fourth-order valence-electron chi connectivity index (χ4n) is 4.99. The molecule has 0 radical (unpaired) electrons. The Labute approximate surface area is 258 Å². The number of ether oxygens (including phenoxy) is 2. The van der Waals surface area contributed by atoms with Crippen molar-refractivity contribution in [2.24, 2.45) is 5.92 Å². The summed E-state index contributed by atoms with van der Waals surface area (Å²) in [6.45, 7) is 5.85. The molecule has 42 heavy (non-hydrogen) atoms. The first kappa shape index (κ1) is 32.5. The van der Waals surface area contributed by atoms with E-state index in [0.717, 1.165) is 17.4 Å². The highest BCUT2D eigenvalue weighted by Crippen LogP contribution is 2.46. The van der Waals surface area contributed by atoms with E-state index < -0.39 is 63.0 Å². The number of hydrogen-bond acceptors (Lipinski definition) is 9. The number of rotatable bonds is 4. The third-order valence-electron chi connectivity index (χ3n) is 7.08. The smallest absolute Gasteiger partial charge is 0.408 e. The number of thiophene rings is 1. The second-order valence-corrected chi connectivity index (χ2v) is 15.3. The lowest BCUT2D eigenvalue weighted by atomic mass is 10.1. The quantitative estimate of drug-likeness (QED) is 0.414. The zero-order valence-electron chi connectivity index (χ0n) is 23.4.